The van der Waals surface area contributed by atoms with E-state index in [1.165, 1.54) is 7.11 Å². The smallest absolute Gasteiger partial charge is 0.411 e. The van der Waals surface area contributed by atoms with E-state index in [4.69, 9.17) is 21.1 Å². The fourth-order valence-corrected chi connectivity index (χ4v) is 3.63. The fraction of sp³-hybridized carbons (Fsp3) is 0.867. The highest BCUT2D eigenvalue weighted by molar-refractivity contribution is 6.18. The van der Waals surface area contributed by atoms with Gasteiger partial charge in [0.1, 0.15) is 11.1 Å². The summed E-state index contributed by atoms with van der Waals surface area (Å²) in [5, 5.41) is 0. The topological polar surface area (TPSA) is 55.8 Å². The largest absolute Gasteiger partial charge is 0.467 e. The van der Waals surface area contributed by atoms with Crippen LogP contribution in [0.15, 0.2) is 0 Å². The summed E-state index contributed by atoms with van der Waals surface area (Å²) in [6.45, 7) is 4.78. The first-order chi connectivity index (χ1) is 10.4. The minimum absolute atomic E-state index is 0.0377. The first-order valence-corrected chi connectivity index (χ1v) is 7.99. The Bertz CT molecular complexity index is 522. The highest BCUT2D eigenvalue weighted by atomic mass is 35.5. The summed E-state index contributed by atoms with van der Waals surface area (Å²) in [6, 6.07) is 0. The number of amides is 1. The number of carbonyl (C=O) groups excluding carboxylic acids is 2. The van der Waals surface area contributed by atoms with Gasteiger partial charge < -0.3 is 9.47 Å². The first-order valence-electron chi connectivity index (χ1n) is 7.46. The normalized spacial score (nSPS) is 32.0. The summed E-state index contributed by atoms with van der Waals surface area (Å²) in [4.78, 5) is 26.0. The van der Waals surface area contributed by atoms with E-state index in [0.29, 0.717) is 0 Å². The average Bonchev–Trinajstić information content (AvgIpc) is 2.76. The van der Waals surface area contributed by atoms with Crippen LogP contribution in [0.1, 0.15) is 40.0 Å². The van der Waals surface area contributed by atoms with Crippen molar-refractivity contribution in [1.29, 1.82) is 0 Å². The lowest BCUT2D eigenvalue weighted by atomic mass is 9.87. The second-order valence-electron chi connectivity index (χ2n) is 7.37. The maximum absolute atomic E-state index is 13.9. The summed E-state index contributed by atoms with van der Waals surface area (Å²) in [5.41, 5.74) is -3.69. The number of rotatable bonds is 3. The monoisotopic (exact) mass is 353 g/mol. The number of hydrogen-bond donors (Lipinski definition) is 0. The molecule has 0 aromatic carbocycles. The Hall–Kier alpha value is -1.11. The lowest BCUT2D eigenvalue weighted by molar-refractivity contribution is -0.153. The summed E-state index contributed by atoms with van der Waals surface area (Å²) < 4.78 is 37.8. The molecule has 2 fully saturated rings. The van der Waals surface area contributed by atoms with Gasteiger partial charge in [0.2, 0.25) is 0 Å². The zero-order chi connectivity index (χ0) is 17.7. The van der Waals surface area contributed by atoms with E-state index in [1.54, 1.807) is 20.8 Å². The number of alkyl halides is 3. The summed E-state index contributed by atoms with van der Waals surface area (Å²) >= 11 is 5.79. The Morgan fingerprint density at radius 1 is 1.26 bits per heavy atom. The Labute approximate surface area is 139 Å². The van der Waals surface area contributed by atoms with Gasteiger partial charge in [-0.05, 0) is 33.6 Å². The van der Waals surface area contributed by atoms with Crippen molar-refractivity contribution in [2.45, 2.75) is 57.1 Å². The molecule has 0 aromatic heterocycles. The molecule has 1 heterocycles. The van der Waals surface area contributed by atoms with Crippen molar-refractivity contribution in [3.05, 3.63) is 0 Å². The highest BCUT2D eigenvalue weighted by Crippen LogP contribution is 2.68. The Morgan fingerprint density at radius 3 is 2.22 bits per heavy atom. The van der Waals surface area contributed by atoms with Gasteiger partial charge in [-0.1, -0.05) is 0 Å². The third-order valence-corrected chi connectivity index (χ3v) is 4.70. The molecule has 1 amide bonds. The molecule has 2 aliphatic rings. The van der Waals surface area contributed by atoms with Crippen LogP contribution in [0.4, 0.5) is 13.6 Å². The van der Waals surface area contributed by atoms with Crippen molar-refractivity contribution in [3.63, 3.8) is 0 Å². The van der Waals surface area contributed by atoms with E-state index in [9.17, 15) is 18.4 Å². The molecule has 1 saturated carbocycles. The van der Waals surface area contributed by atoms with E-state index in [1.807, 2.05) is 0 Å². The Morgan fingerprint density at radius 2 is 1.83 bits per heavy atom. The minimum Gasteiger partial charge on any atom is -0.467 e. The number of nitrogens with zero attached hydrogens (tertiary/aromatic N) is 1. The van der Waals surface area contributed by atoms with Crippen molar-refractivity contribution >= 4 is 23.7 Å². The third kappa shape index (κ3) is 2.99. The van der Waals surface area contributed by atoms with Crippen molar-refractivity contribution in [2.75, 3.05) is 19.5 Å². The predicted molar refractivity (Wildman–Crippen MR) is 79.6 cm³/mol. The first kappa shape index (κ1) is 18.2. The maximum atomic E-state index is 13.9. The predicted octanol–water partition coefficient (Wildman–Crippen LogP) is 3.19. The van der Waals surface area contributed by atoms with Gasteiger partial charge in [-0.2, -0.15) is 0 Å². The van der Waals surface area contributed by atoms with Crippen LogP contribution >= 0.6 is 11.6 Å². The van der Waals surface area contributed by atoms with Crippen LogP contribution < -0.4 is 0 Å². The van der Waals surface area contributed by atoms with E-state index >= 15 is 0 Å². The van der Waals surface area contributed by atoms with E-state index in [-0.39, 0.29) is 31.7 Å². The molecule has 5 nitrogen and oxygen atoms in total. The third-order valence-electron chi connectivity index (χ3n) is 4.51. The van der Waals surface area contributed by atoms with Gasteiger partial charge in [-0.15, -0.1) is 11.6 Å². The molecule has 2 unspecified atom stereocenters. The molecule has 8 heteroatoms. The molecule has 132 valence electrons. The zero-order valence-electron chi connectivity index (χ0n) is 13.7. The number of halogens is 3. The zero-order valence-corrected chi connectivity index (χ0v) is 14.5. The Balaban J connectivity index is 2.38. The van der Waals surface area contributed by atoms with E-state index in [0.717, 1.165) is 4.90 Å². The van der Waals surface area contributed by atoms with E-state index in [2.05, 4.69) is 0 Å². The number of methoxy groups -OCH3 is 1. The standard InChI is InChI=1S/C15H22ClF2NO4/c1-12(2,3)23-11(21)19-9-13(8-15(13,17)18)7-14(19,5-6-16)10(20)22-4/h5-9H2,1-4H3. The molecule has 2 rings (SSSR count). The van der Waals surface area contributed by atoms with Gasteiger partial charge >= 0.3 is 12.1 Å². The Kier molecular flexibility index (Phi) is 4.33. The number of likely N-dealkylation sites (tertiary alicyclic amines) is 1. The second kappa shape index (κ2) is 5.46. The molecule has 1 aliphatic carbocycles. The molecule has 1 saturated heterocycles. The highest BCUT2D eigenvalue weighted by Gasteiger charge is 2.79. The van der Waals surface area contributed by atoms with Crippen molar-refractivity contribution in [1.82, 2.24) is 4.90 Å². The van der Waals surface area contributed by atoms with Gasteiger partial charge in [-0.25, -0.2) is 18.4 Å². The quantitative estimate of drug-likeness (QED) is 0.577. The minimum atomic E-state index is -2.89. The maximum Gasteiger partial charge on any atom is 0.411 e. The van der Waals surface area contributed by atoms with Crippen LogP contribution in [0.5, 0.6) is 0 Å². The van der Waals surface area contributed by atoms with E-state index < -0.39 is 34.5 Å². The van der Waals surface area contributed by atoms with Crippen LogP contribution in [0, 0.1) is 5.41 Å². The van der Waals surface area contributed by atoms with Gasteiger partial charge in [-0.3, -0.25) is 4.90 Å². The van der Waals surface area contributed by atoms with Crippen LogP contribution in [-0.2, 0) is 14.3 Å². The molecule has 0 bridgehead atoms. The molecule has 0 aromatic rings. The fourth-order valence-electron chi connectivity index (χ4n) is 3.32. The lowest BCUT2D eigenvalue weighted by Gasteiger charge is -2.36. The number of carbonyl (C=O) groups is 2. The molecule has 0 radical (unpaired) electrons. The summed E-state index contributed by atoms with van der Waals surface area (Å²) in [6.07, 6.45) is -1.27. The average molecular weight is 354 g/mol. The van der Waals surface area contributed by atoms with Crippen molar-refractivity contribution in [3.8, 4) is 0 Å². The molecule has 1 spiro atoms. The molecule has 23 heavy (non-hydrogen) atoms. The number of esters is 1. The summed E-state index contributed by atoms with van der Waals surface area (Å²) in [5.74, 6) is -3.59. The lowest BCUT2D eigenvalue weighted by Crippen LogP contribution is -2.55. The van der Waals surface area contributed by atoms with Crippen molar-refractivity contribution in [2.24, 2.45) is 5.41 Å². The number of hydrogen-bond acceptors (Lipinski definition) is 4. The second-order valence-corrected chi connectivity index (χ2v) is 7.74. The summed E-state index contributed by atoms with van der Waals surface area (Å²) in [7, 11) is 1.17. The van der Waals surface area contributed by atoms with Crippen LogP contribution in [0.2, 0.25) is 0 Å². The van der Waals surface area contributed by atoms with Gasteiger partial charge in [0.15, 0.2) is 0 Å². The molecule has 2 atom stereocenters. The van der Waals surface area contributed by atoms with Crippen LogP contribution in [0.3, 0.4) is 0 Å². The van der Waals surface area contributed by atoms with Crippen LogP contribution in [0.25, 0.3) is 0 Å². The molecular formula is C15H22ClF2NO4. The molecule has 0 N–H and O–H groups in total. The molecular weight excluding hydrogens is 332 g/mol. The van der Waals surface area contributed by atoms with Gasteiger partial charge in [0.05, 0.1) is 12.5 Å². The SMILES string of the molecule is COC(=O)C1(CCCl)CC2(CN1C(=O)OC(C)(C)C)CC2(F)F. The number of ether oxygens (including phenoxy) is 2. The van der Waals surface area contributed by atoms with Gasteiger partial charge in [0.25, 0.3) is 5.92 Å². The van der Waals surface area contributed by atoms with Crippen molar-refractivity contribution < 1.29 is 27.8 Å². The van der Waals surface area contributed by atoms with Gasteiger partial charge in [0, 0.05) is 18.8 Å². The van der Waals surface area contributed by atoms with Crippen LogP contribution in [-0.4, -0.2) is 53.6 Å². The molecule has 1 aliphatic heterocycles.